The lowest BCUT2D eigenvalue weighted by Crippen LogP contribution is -2.33. The Bertz CT molecular complexity index is 337. The molecule has 0 radical (unpaired) electrons. The molecule has 0 amide bonds. The molecule has 1 aliphatic carbocycles. The molecule has 4 nitrogen and oxygen atoms in total. The number of nitrogens with zero attached hydrogens (tertiary/aromatic N) is 2. The molecule has 2 rings (SSSR count). The second-order valence-electron chi connectivity index (χ2n) is 4.96. The molecule has 0 aliphatic heterocycles. The summed E-state index contributed by atoms with van der Waals surface area (Å²) in [6, 6.07) is 0. The summed E-state index contributed by atoms with van der Waals surface area (Å²) in [5, 5.41) is 4.15. The Hall–Kier alpha value is -0.870. The van der Waals surface area contributed by atoms with Crippen LogP contribution in [0.1, 0.15) is 31.2 Å². The van der Waals surface area contributed by atoms with E-state index in [4.69, 9.17) is 10.5 Å². The van der Waals surface area contributed by atoms with Crippen molar-refractivity contribution in [1.82, 2.24) is 9.78 Å². The normalized spacial score (nSPS) is 25.1. The van der Waals surface area contributed by atoms with Gasteiger partial charge in [0.25, 0.3) is 0 Å². The smallest absolute Gasteiger partial charge is 0.0615 e. The zero-order valence-electron chi connectivity index (χ0n) is 10.6. The highest BCUT2D eigenvalue weighted by Crippen LogP contribution is 2.26. The van der Waals surface area contributed by atoms with Gasteiger partial charge in [-0.25, -0.2) is 0 Å². The number of ether oxygens (including phenoxy) is 1. The van der Waals surface area contributed by atoms with Crippen LogP contribution >= 0.6 is 0 Å². The van der Waals surface area contributed by atoms with Crippen LogP contribution in [0.4, 0.5) is 0 Å². The fourth-order valence-corrected chi connectivity index (χ4v) is 2.59. The van der Waals surface area contributed by atoms with Gasteiger partial charge in [-0.15, -0.1) is 0 Å². The first-order chi connectivity index (χ1) is 8.29. The largest absolute Gasteiger partial charge is 0.378 e. The average molecular weight is 237 g/mol. The molecule has 1 aliphatic rings. The van der Waals surface area contributed by atoms with E-state index in [1.807, 2.05) is 24.1 Å². The molecule has 96 valence electrons. The first-order valence-corrected chi connectivity index (χ1v) is 6.59. The molecule has 1 fully saturated rings. The van der Waals surface area contributed by atoms with Gasteiger partial charge in [-0.3, -0.25) is 4.68 Å². The van der Waals surface area contributed by atoms with Gasteiger partial charge in [0.1, 0.15) is 0 Å². The van der Waals surface area contributed by atoms with Gasteiger partial charge >= 0.3 is 0 Å². The molecule has 2 N–H and O–H groups in total. The van der Waals surface area contributed by atoms with E-state index in [0.29, 0.717) is 12.0 Å². The van der Waals surface area contributed by atoms with E-state index in [9.17, 15) is 0 Å². The molecule has 4 heteroatoms. The Morgan fingerprint density at radius 3 is 3.00 bits per heavy atom. The SMILES string of the molecule is Cn1cc(CCOC2CCCCC2CN)cn1. The lowest BCUT2D eigenvalue weighted by atomic mass is 9.86. The summed E-state index contributed by atoms with van der Waals surface area (Å²) in [6.07, 6.45) is 10.3. The quantitative estimate of drug-likeness (QED) is 0.844. The van der Waals surface area contributed by atoms with Gasteiger partial charge in [-0.1, -0.05) is 12.8 Å². The Morgan fingerprint density at radius 1 is 1.47 bits per heavy atom. The molecule has 2 atom stereocenters. The zero-order valence-corrected chi connectivity index (χ0v) is 10.6. The predicted octanol–water partition coefficient (Wildman–Crippen LogP) is 1.50. The monoisotopic (exact) mass is 237 g/mol. The molecule has 1 aromatic rings. The van der Waals surface area contributed by atoms with Crippen molar-refractivity contribution in [3.05, 3.63) is 18.0 Å². The highest BCUT2D eigenvalue weighted by molar-refractivity contribution is 5.03. The van der Waals surface area contributed by atoms with Gasteiger partial charge in [0.05, 0.1) is 18.9 Å². The Kier molecular flexibility index (Phi) is 4.57. The van der Waals surface area contributed by atoms with Crippen LogP contribution in [0.25, 0.3) is 0 Å². The van der Waals surface area contributed by atoms with Crippen LogP contribution in [0.3, 0.4) is 0 Å². The molecule has 0 bridgehead atoms. The predicted molar refractivity (Wildman–Crippen MR) is 67.7 cm³/mol. The number of rotatable bonds is 5. The number of hydrogen-bond acceptors (Lipinski definition) is 3. The topological polar surface area (TPSA) is 53.1 Å². The van der Waals surface area contributed by atoms with Crippen LogP contribution in [-0.4, -0.2) is 29.0 Å². The Labute approximate surface area is 103 Å². The summed E-state index contributed by atoms with van der Waals surface area (Å²) in [7, 11) is 1.94. The Morgan fingerprint density at radius 2 is 2.29 bits per heavy atom. The summed E-state index contributed by atoms with van der Waals surface area (Å²) < 4.78 is 7.81. The van der Waals surface area contributed by atoms with E-state index in [2.05, 4.69) is 5.10 Å². The fourth-order valence-electron chi connectivity index (χ4n) is 2.59. The first-order valence-electron chi connectivity index (χ1n) is 6.59. The third-order valence-corrected chi connectivity index (χ3v) is 3.62. The maximum atomic E-state index is 5.98. The van der Waals surface area contributed by atoms with Crippen molar-refractivity contribution in [2.24, 2.45) is 18.7 Å². The van der Waals surface area contributed by atoms with Crippen molar-refractivity contribution in [2.45, 2.75) is 38.2 Å². The highest BCUT2D eigenvalue weighted by atomic mass is 16.5. The van der Waals surface area contributed by atoms with E-state index in [0.717, 1.165) is 19.6 Å². The molecule has 1 aromatic heterocycles. The van der Waals surface area contributed by atoms with Gasteiger partial charge in [0.2, 0.25) is 0 Å². The second kappa shape index (κ2) is 6.17. The van der Waals surface area contributed by atoms with Crippen LogP contribution in [0.5, 0.6) is 0 Å². The molecule has 1 saturated carbocycles. The van der Waals surface area contributed by atoms with Gasteiger partial charge in [0, 0.05) is 13.2 Å². The zero-order chi connectivity index (χ0) is 12.1. The minimum Gasteiger partial charge on any atom is -0.378 e. The lowest BCUT2D eigenvalue weighted by molar-refractivity contribution is -0.00634. The summed E-state index contributed by atoms with van der Waals surface area (Å²) in [4.78, 5) is 0. The van der Waals surface area contributed by atoms with Crippen molar-refractivity contribution in [3.8, 4) is 0 Å². The summed E-state index contributed by atoms with van der Waals surface area (Å²) in [6.45, 7) is 1.55. The maximum absolute atomic E-state index is 5.98. The van der Waals surface area contributed by atoms with Crippen molar-refractivity contribution in [1.29, 1.82) is 0 Å². The van der Waals surface area contributed by atoms with E-state index in [1.54, 1.807) is 0 Å². The van der Waals surface area contributed by atoms with Gasteiger partial charge in [-0.05, 0) is 37.3 Å². The summed E-state index contributed by atoms with van der Waals surface area (Å²) >= 11 is 0. The van der Waals surface area contributed by atoms with Gasteiger partial charge in [-0.2, -0.15) is 5.10 Å². The van der Waals surface area contributed by atoms with Crippen molar-refractivity contribution in [3.63, 3.8) is 0 Å². The molecule has 1 heterocycles. The van der Waals surface area contributed by atoms with Crippen LogP contribution in [-0.2, 0) is 18.2 Å². The molecular weight excluding hydrogens is 214 g/mol. The third-order valence-electron chi connectivity index (χ3n) is 3.62. The molecule has 17 heavy (non-hydrogen) atoms. The summed E-state index contributed by atoms with van der Waals surface area (Å²) in [5.41, 5.74) is 7.03. The third kappa shape index (κ3) is 3.54. The number of aryl methyl sites for hydroxylation is 1. The summed E-state index contributed by atoms with van der Waals surface area (Å²) in [5.74, 6) is 0.567. The molecule has 0 aromatic carbocycles. The lowest BCUT2D eigenvalue weighted by Gasteiger charge is -2.30. The van der Waals surface area contributed by atoms with Gasteiger partial charge < -0.3 is 10.5 Å². The van der Waals surface area contributed by atoms with E-state index < -0.39 is 0 Å². The second-order valence-corrected chi connectivity index (χ2v) is 4.96. The van der Waals surface area contributed by atoms with E-state index in [-0.39, 0.29) is 0 Å². The maximum Gasteiger partial charge on any atom is 0.0615 e. The van der Waals surface area contributed by atoms with Crippen LogP contribution in [0, 0.1) is 5.92 Å². The van der Waals surface area contributed by atoms with Crippen LogP contribution < -0.4 is 5.73 Å². The fraction of sp³-hybridized carbons (Fsp3) is 0.769. The number of nitrogens with two attached hydrogens (primary N) is 1. The van der Waals surface area contributed by atoms with Gasteiger partial charge in [0.15, 0.2) is 0 Å². The first kappa shape index (κ1) is 12.6. The molecule has 0 spiro atoms. The van der Waals surface area contributed by atoms with Crippen molar-refractivity contribution >= 4 is 0 Å². The van der Waals surface area contributed by atoms with Crippen molar-refractivity contribution in [2.75, 3.05) is 13.2 Å². The molecule has 0 saturated heterocycles. The van der Waals surface area contributed by atoms with Crippen LogP contribution in [0.2, 0.25) is 0 Å². The highest BCUT2D eigenvalue weighted by Gasteiger charge is 2.24. The van der Waals surface area contributed by atoms with Crippen LogP contribution in [0.15, 0.2) is 12.4 Å². The van der Waals surface area contributed by atoms with E-state index >= 15 is 0 Å². The number of aromatic nitrogens is 2. The minimum absolute atomic E-state index is 0.380. The van der Waals surface area contributed by atoms with Crippen molar-refractivity contribution < 1.29 is 4.74 Å². The van der Waals surface area contributed by atoms with E-state index in [1.165, 1.54) is 31.2 Å². The molecular formula is C13H23N3O. The Balaban J connectivity index is 1.73. The standard InChI is InChI=1S/C13H23N3O/c1-16-10-11(9-15-16)6-7-17-13-5-3-2-4-12(13)8-14/h9-10,12-13H,2-8,14H2,1H3. The molecule has 2 unspecified atom stereocenters. The average Bonchev–Trinajstić information content (AvgIpc) is 2.76. The minimum atomic E-state index is 0.380. The number of hydrogen-bond donors (Lipinski definition) is 1.